The molecule has 0 amide bonds. The second-order valence-electron chi connectivity index (χ2n) is 3.08. The molecule has 0 saturated carbocycles. The fraction of sp³-hybridized carbons (Fsp3) is 0.0909. The van der Waals surface area contributed by atoms with E-state index < -0.39 is 14.8 Å². The first-order chi connectivity index (χ1) is 8.13. The van der Waals surface area contributed by atoms with Gasteiger partial charge in [-0.1, -0.05) is 30.3 Å². The van der Waals surface area contributed by atoms with Gasteiger partial charge in [0.25, 0.3) is 0 Å². The quantitative estimate of drug-likeness (QED) is 0.811. The van der Waals surface area contributed by atoms with E-state index in [4.69, 9.17) is 18.3 Å². The first-order valence-electron chi connectivity index (χ1n) is 4.71. The van der Waals surface area contributed by atoms with Gasteiger partial charge in [-0.3, -0.25) is 0 Å². The molecular formula is C11H12BrNO3S. The van der Waals surface area contributed by atoms with Gasteiger partial charge in [0.15, 0.2) is 0 Å². The number of thiophene rings is 1. The van der Waals surface area contributed by atoms with Crippen LogP contribution in [0.15, 0.2) is 41.8 Å². The van der Waals surface area contributed by atoms with E-state index in [9.17, 15) is 0 Å². The summed E-state index contributed by atoms with van der Waals surface area (Å²) in [6, 6.07) is 12.6. The summed E-state index contributed by atoms with van der Waals surface area (Å²) < 4.78 is 24.3. The third-order valence-corrected chi connectivity index (χ3v) is 2.91. The molecule has 2 aromatic rings. The molecule has 1 heterocycles. The summed E-state index contributed by atoms with van der Waals surface area (Å²) in [4.78, 5) is 1.31. The van der Waals surface area contributed by atoms with Gasteiger partial charge in [-0.05, 0) is 26.8 Å². The Labute approximate surface area is 109 Å². The molecule has 1 aromatic heterocycles. The Morgan fingerprint density at radius 1 is 1.18 bits per heavy atom. The maximum absolute atomic E-state index is 8.63. The lowest BCUT2D eigenvalue weighted by atomic mass is 10.1. The first-order valence-corrected chi connectivity index (χ1v) is 7.59. The van der Waals surface area contributed by atoms with Gasteiger partial charge in [0.05, 0.1) is 0 Å². The molecule has 92 valence electrons. The highest BCUT2D eigenvalue weighted by Crippen LogP contribution is 2.24. The molecule has 0 atom stereocenters. The summed E-state index contributed by atoms with van der Waals surface area (Å²) in [6.45, 7) is 0.616. The zero-order chi connectivity index (χ0) is 12.7. The van der Waals surface area contributed by atoms with Gasteiger partial charge in [-0.25, -0.2) is 0 Å². The summed E-state index contributed by atoms with van der Waals surface area (Å²) in [5.74, 6) is 0. The standard InChI is InChI=1S/C11H11NS.BrHO3/c12-8-9-3-5-10(6-4-9)11-2-1-7-13-11;2-1(3)4/h1-7H,8,12H2;2H. The molecule has 0 aliphatic heterocycles. The maximum Gasteiger partial charge on any atom is 0.433 e. The topological polar surface area (TPSA) is 92.4 Å². The summed E-state index contributed by atoms with van der Waals surface area (Å²) >= 11 is -1.64. The van der Waals surface area contributed by atoms with Crippen molar-refractivity contribution in [2.45, 2.75) is 6.54 Å². The highest BCUT2D eigenvalue weighted by Gasteiger charge is 1.97. The Balaban J connectivity index is 0.000000317. The molecule has 3 N–H and O–H groups in total. The zero-order valence-electron chi connectivity index (χ0n) is 8.88. The molecule has 0 aliphatic rings. The van der Waals surface area contributed by atoms with Crippen LogP contribution in [0.5, 0.6) is 0 Å². The molecule has 0 unspecified atom stereocenters. The van der Waals surface area contributed by atoms with Crippen LogP contribution in [0.1, 0.15) is 5.56 Å². The van der Waals surface area contributed by atoms with Crippen LogP contribution in [0.2, 0.25) is 0 Å². The molecule has 17 heavy (non-hydrogen) atoms. The van der Waals surface area contributed by atoms with Crippen LogP contribution in [0, 0.1) is 14.8 Å². The minimum atomic E-state index is -3.40. The van der Waals surface area contributed by atoms with Gasteiger partial charge in [0.1, 0.15) is 0 Å². The molecule has 0 aliphatic carbocycles. The maximum atomic E-state index is 8.63. The monoisotopic (exact) mass is 317 g/mol. The molecule has 4 nitrogen and oxygen atoms in total. The zero-order valence-corrected chi connectivity index (χ0v) is 11.3. The van der Waals surface area contributed by atoms with Gasteiger partial charge < -0.3 is 14.1 Å². The van der Waals surface area contributed by atoms with Crippen LogP contribution in [0.4, 0.5) is 0 Å². The lowest BCUT2D eigenvalue weighted by molar-refractivity contribution is -1.63. The second kappa shape index (κ2) is 7.54. The first kappa shape index (κ1) is 14.3. The fourth-order valence-electron chi connectivity index (χ4n) is 1.25. The highest BCUT2D eigenvalue weighted by molar-refractivity contribution is 7.13. The predicted octanol–water partition coefficient (Wildman–Crippen LogP) is -0.0612. The van der Waals surface area contributed by atoms with E-state index in [-0.39, 0.29) is 0 Å². The lowest BCUT2D eigenvalue weighted by Crippen LogP contribution is -2.30. The van der Waals surface area contributed by atoms with Crippen molar-refractivity contribution >= 4 is 11.3 Å². The van der Waals surface area contributed by atoms with Crippen molar-refractivity contribution in [3.63, 3.8) is 0 Å². The largest absolute Gasteiger partial charge is 0.433 e. The summed E-state index contributed by atoms with van der Waals surface area (Å²) in [7, 11) is 0. The third kappa shape index (κ3) is 5.40. The Morgan fingerprint density at radius 3 is 2.18 bits per heavy atom. The number of hydrogen-bond acceptors (Lipinski definition) is 5. The number of benzene rings is 1. The molecule has 1 aromatic carbocycles. The van der Waals surface area contributed by atoms with Gasteiger partial charge >= 0.3 is 14.8 Å². The molecular weight excluding hydrogens is 306 g/mol. The Hall–Kier alpha value is -0.760. The van der Waals surface area contributed by atoms with Crippen LogP contribution < -0.4 is 14.1 Å². The van der Waals surface area contributed by atoms with Crippen LogP contribution >= 0.6 is 11.3 Å². The van der Waals surface area contributed by atoms with E-state index in [2.05, 4.69) is 41.8 Å². The van der Waals surface area contributed by atoms with E-state index in [1.807, 2.05) is 0 Å². The van der Waals surface area contributed by atoms with E-state index in [0.717, 1.165) is 0 Å². The summed E-state index contributed by atoms with van der Waals surface area (Å²) in [6.07, 6.45) is 0. The molecule has 0 saturated heterocycles. The molecule has 2 rings (SSSR count). The van der Waals surface area contributed by atoms with Gasteiger partial charge in [0, 0.05) is 11.4 Å². The van der Waals surface area contributed by atoms with Crippen molar-refractivity contribution in [1.82, 2.24) is 0 Å². The van der Waals surface area contributed by atoms with Crippen molar-refractivity contribution in [2.24, 2.45) is 5.73 Å². The van der Waals surface area contributed by atoms with Crippen molar-refractivity contribution in [3.05, 3.63) is 47.3 Å². The van der Waals surface area contributed by atoms with E-state index >= 15 is 0 Å². The van der Waals surface area contributed by atoms with Gasteiger partial charge in [-0.2, -0.15) is 0 Å². The number of rotatable bonds is 2. The normalized spacial score (nSPS) is 9.94. The molecule has 6 heteroatoms. The Bertz CT molecular complexity index is 414. The highest BCUT2D eigenvalue weighted by atomic mass is 80.0. The molecule has 0 spiro atoms. The van der Waals surface area contributed by atoms with E-state index in [0.29, 0.717) is 6.54 Å². The van der Waals surface area contributed by atoms with Crippen molar-refractivity contribution in [2.75, 3.05) is 0 Å². The minimum Gasteiger partial charge on any atom is -0.372 e. The summed E-state index contributed by atoms with van der Waals surface area (Å²) in [5.41, 5.74) is 7.97. The van der Waals surface area contributed by atoms with Crippen molar-refractivity contribution < 1.29 is 27.4 Å². The molecule has 0 fully saturated rings. The summed E-state index contributed by atoms with van der Waals surface area (Å²) in [5, 5.41) is 2.09. The minimum absolute atomic E-state index is 0.616. The smallest absolute Gasteiger partial charge is 0.372 e. The van der Waals surface area contributed by atoms with E-state index in [1.54, 1.807) is 11.3 Å². The predicted molar refractivity (Wildman–Crippen MR) is 59.9 cm³/mol. The van der Waals surface area contributed by atoms with E-state index in [1.165, 1.54) is 16.0 Å². The van der Waals surface area contributed by atoms with Crippen molar-refractivity contribution in [1.29, 1.82) is 0 Å². The SMILES string of the molecule is NCc1ccc(-c2cccs2)cc1.[O-][Br+2]([O-])O. The number of hydrogen-bond donors (Lipinski definition) is 2. The second-order valence-corrected chi connectivity index (χ2v) is 4.87. The van der Waals surface area contributed by atoms with Crippen LogP contribution in [-0.4, -0.2) is 4.20 Å². The Morgan fingerprint density at radius 2 is 1.76 bits per heavy atom. The number of halogens is 1. The van der Waals surface area contributed by atoms with Crippen molar-refractivity contribution in [3.8, 4) is 10.4 Å². The van der Waals surface area contributed by atoms with Crippen LogP contribution in [0.3, 0.4) is 0 Å². The average Bonchev–Trinajstić information content (AvgIpc) is 2.82. The van der Waals surface area contributed by atoms with Crippen LogP contribution in [-0.2, 0) is 6.54 Å². The Kier molecular flexibility index (Phi) is 6.35. The number of nitrogens with two attached hydrogens (primary N) is 1. The molecule has 0 bridgehead atoms. The third-order valence-electron chi connectivity index (χ3n) is 2.00. The van der Waals surface area contributed by atoms with Crippen LogP contribution in [0.25, 0.3) is 10.4 Å². The fourth-order valence-corrected chi connectivity index (χ4v) is 1.98. The lowest BCUT2D eigenvalue weighted by Gasteiger charge is -1.99. The molecule has 0 radical (unpaired) electrons. The van der Waals surface area contributed by atoms with Gasteiger partial charge in [-0.15, -0.1) is 11.3 Å². The average molecular weight is 318 g/mol. The van der Waals surface area contributed by atoms with Gasteiger partial charge in [0.2, 0.25) is 0 Å².